The summed E-state index contributed by atoms with van der Waals surface area (Å²) >= 11 is 0. The van der Waals surface area contributed by atoms with Gasteiger partial charge in [0.25, 0.3) is 0 Å². The Hall–Kier alpha value is -1.34. The SMILES string of the molecule is CC1=C([Si](C)(C)C2=CC=CC2)C(C)c2ccccc21. The van der Waals surface area contributed by atoms with Gasteiger partial charge < -0.3 is 0 Å². The van der Waals surface area contributed by atoms with Crippen molar-refractivity contribution in [2.24, 2.45) is 0 Å². The lowest BCUT2D eigenvalue weighted by atomic mass is 10.0. The predicted molar refractivity (Wildman–Crippen MR) is 86.8 cm³/mol. The number of fused-ring (bicyclic) bond motifs is 1. The van der Waals surface area contributed by atoms with E-state index in [0.717, 1.165) is 0 Å². The van der Waals surface area contributed by atoms with Crippen LogP contribution in [0.25, 0.3) is 5.57 Å². The van der Waals surface area contributed by atoms with E-state index >= 15 is 0 Å². The van der Waals surface area contributed by atoms with Crippen LogP contribution in [0.4, 0.5) is 0 Å². The fourth-order valence-corrected chi connectivity index (χ4v) is 7.73. The Bertz CT molecular complexity index is 614. The van der Waals surface area contributed by atoms with Gasteiger partial charge in [-0.3, -0.25) is 0 Å². The molecule has 19 heavy (non-hydrogen) atoms. The molecule has 2 aliphatic rings. The Kier molecular flexibility index (Phi) is 2.90. The zero-order valence-corrected chi connectivity index (χ0v) is 13.3. The van der Waals surface area contributed by atoms with Crippen molar-refractivity contribution in [3.8, 4) is 0 Å². The van der Waals surface area contributed by atoms with E-state index in [1.807, 2.05) is 0 Å². The topological polar surface area (TPSA) is 0 Å². The fraction of sp³-hybridized carbons (Fsp3) is 0.333. The average molecular weight is 266 g/mol. The first-order chi connectivity index (χ1) is 9.03. The maximum Gasteiger partial charge on any atom is 0.104 e. The quantitative estimate of drug-likeness (QED) is 0.641. The van der Waals surface area contributed by atoms with Gasteiger partial charge in [-0.05, 0) is 36.0 Å². The summed E-state index contributed by atoms with van der Waals surface area (Å²) in [6.07, 6.45) is 8.06. The summed E-state index contributed by atoms with van der Waals surface area (Å²) in [4.78, 5) is 0. The third-order valence-electron chi connectivity index (χ3n) is 4.92. The van der Waals surface area contributed by atoms with E-state index in [-0.39, 0.29) is 0 Å². The second kappa shape index (κ2) is 4.34. The summed E-state index contributed by atoms with van der Waals surface area (Å²) in [5.74, 6) is 0.597. The van der Waals surface area contributed by atoms with Crippen LogP contribution in [0, 0.1) is 0 Å². The zero-order chi connectivity index (χ0) is 13.6. The number of benzene rings is 1. The molecule has 0 spiro atoms. The summed E-state index contributed by atoms with van der Waals surface area (Å²) in [6, 6.07) is 8.95. The molecule has 0 fully saturated rings. The van der Waals surface area contributed by atoms with Gasteiger partial charge in [-0.1, -0.05) is 72.9 Å². The molecule has 0 amide bonds. The maximum absolute atomic E-state index is 2.52. The van der Waals surface area contributed by atoms with Crippen LogP contribution in [0.3, 0.4) is 0 Å². The van der Waals surface area contributed by atoms with Gasteiger partial charge in [0, 0.05) is 0 Å². The average Bonchev–Trinajstić information content (AvgIpc) is 2.99. The maximum atomic E-state index is 2.52. The van der Waals surface area contributed by atoms with Gasteiger partial charge in [-0.25, -0.2) is 0 Å². The minimum Gasteiger partial charge on any atom is -0.0809 e. The van der Waals surface area contributed by atoms with Gasteiger partial charge in [-0.15, -0.1) is 0 Å². The summed E-state index contributed by atoms with van der Waals surface area (Å²) < 4.78 is 0. The molecule has 1 unspecified atom stereocenters. The molecule has 0 saturated heterocycles. The van der Waals surface area contributed by atoms with E-state index < -0.39 is 8.07 Å². The summed E-state index contributed by atoms with van der Waals surface area (Å²) in [6.45, 7) is 9.76. The lowest BCUT2D eigenvalue weighted by molar-refractivity contribution is 0.957. The smallest absolute Gasteiger partial charge is 0.0809 e. The summed E-state index contributed by atoms with van der Waals surface area (Å²) in [7, 11) is -1.48. The molecule has 98 valence electrons. The second-order valence-electron chi connectivity index (χ2n) is 6.30. The Labute approximate surface area is 117 Å². The molecule has 0 bridgehead atoms. The van der Waals surface area contributed by atoms with Gasteiger partial charge in [0.05, 0.1) is 0 Å². The minimum absolute atomic E-state index is 0.597. The highest BCUT2D eigenvalue weighted by Gasteiger charge is 2.39. The normalized spacial score (nSPS) is 21.9. The summed E-state index contributed by atoms with van der Waals surface area (Å²) in [5.41, 5.74) is 4.56. The molecule has 1 heteroatoms. The van der Waals surface area contributed by atoms with Crippen LogP contribution in [0.5, 0.6) is 0 Å². The highest BCUT2D eigenvalue weighted by molar-refractivity contribution is 6.91. The molecule has 0 aliphatic heterocycles. The van der Waals surface area contributed by atoms with Crippen molar-refractivity contribution >= 4 is 13.6 Å². The van der Waals surface area contributed by atoms with Gasteiger partial charge in [0.15, 0.2) is 0 Å². The third-order valence-corrected chi connectivity index (χ3v) is 9.05. The van der Waals surface area contributed by atoms with E-state index in [2.05, 4.69) is 69.4 Å². The minimum atomic E-state index is -1.48. The largest absolute Gasteiger partial charge is 0.104 e. The molecule has 0 aromatic heterocycles. The highest BCUT2D eigenvalue weighted by Crippen LogP contribution is 2.47. The summed E-state index contributed by atoms with van der Waals surface area (Å²) in [5, 5.41) is 3.42. The van der Waals surface area contributed by atoms with Gasteiger partial charge in [0.1, 0.15) is 8.07 Å². The predicted octanol–water partition coefficient (Wildman–Crippen LogP) is 5.25. The van der Waals surface area contributed by atoms with Crippen molar-refractivity contribution in [2.45, 2.75) is 39.3 Å². The van der Waals surface area contributed by atoms with Crippen molar-refractivity contribution in [2.75, 3.05) is 0 Å². The molecule has 0 nitrogen and oxygen atoms in total. The van der Waals surface area contributed by atoms with Crippen LogP contribution in [0.2, 0.25) is 13.1 Å². The molecule has 1 aromatic carbocycles. The number of hydrogen-bond acceptors (Lipinski definition) is 0. The van der Waals surface area contributed by atoms with Gasteiger partial charge in [-0.2, -0.15) is 0 Å². The number of hydrogen-bond donors (Lipinski definition) is 0. The number of allylic oxidation sites excluding steroid dienone is 6. The van der Waals surface area contributed by atoms with Crippen LogP contribution in [-0.4, -0.2) is 8.07 Å². The van der Waals surface area contributed by atoms with Crippen LogP contribution < -0.4 is 0 Å². The van der Waals surface area contributed by atoms with E-state index in [0.29, 0.717) is 5.92 Å². The molecule has 0 heterocycles. The van der Waals surface area contributed by atoms with E-state index in [1.165, 1.54) is 17.5 Å². The standard InChI is InChI=1S/C18H22Si/c1-13-16-11-7-8-12-17(16)14(2)18(13)19(3,4)15-9-5-6-10-15/h5-9,11-13H,10H2,1-4H3. The monoisotopic (exact) mass is 266 g/mol. The Balaban J connectivity index is 2.10. The van der Waals surface area contributed by atoms with Crippen molar-refractivity contribution in [3.63, 3.8) is 0 Å². The molecule has 0 N–H and O–H groups in total. The molecule has 0 radical (unpaired) electrons. The van der Waals surface area contributed by atoms with Crippen molar-refractivity contribution in [1.82, 2.24) is 0 Å². The molecule has 0 saturated carbocycles. The number of rotatable bonds is 2. The van der Waals surface area contributed by atoms with E-state index in [4.69, 9.17) is 0 Å². The van der Waals surface area contributed by atoms with Gasteiger partial charge in [0.2, 0.25) is 0 Å². The highest BCUT2D eigenvalue weighted by atomic mass is 28.3. The molecular formula is C18H22Si. The first-order valence-electron chi connectivity index (χ1n) is 7.20. The lowest BCUT2D eigenvalue weighted by Gasteiger charge is -2.30. The van der Waals surface area contributed by atoms with Gasteiger partial charge >= 0.3 is 0 Å². The molecule has 3 rings (SSSR count). The van der Waals surface area contributed by atoms with Crippen LogP contribution in [0.15, 0.2) is 52.9 Å². The lowest BCUT2D eigenvalue weighted by Crippen LogP contribution is -2.33. The Morgan fingerprint density at radius 2 is 1.89 bits per heavy atom. The first kappa shape index (κ1) is 12.7. The first-order valence-corrected chi connectivity index (χ1v) is 10.2. The fourth-order valence-electron chi connectivity index (χ4n) is 3.94. The van der Waals surface area contributed by atoms with Crippen LogP contribution >= 0.6 is 0 Å². The zero-order valence-electron chi connectivity index (χ0n) is 12.3. The van der Waals surface area contributed by atoms with E-state index in [1.54, 1.807) is 16.0 Å². The molecule has 1 atom stereocenters. The Morgan fingerprint density at radius 1 is 1.16 bits per heavy atom. The molecular weight excluding hydrogens is 244 g/mol. The molecule has 2 aliphatic carbocycles. The third kappa shape index (κ3) is 1.79. The van der Waals surface area contributed by atoms with Crippen LogP contribution in [-0.2, 0) is 0 Å². The van der Waals surface area contributed by atoms with Crippen molar-refractivity contribution < 1.29 is 0 Å². The van der Waals surface area contributed by atoms with E-state index in [9.17, 15) is 0 Å². The van der Waals surface area contributed by atoms with Crippen molar-refractivity contribution in [3.05, 3.63) is 64.0 Å². The Morgan fingerprint density at radius 3 is 2.53 bits per heavy atom. The second-order valence-corrected chi connectivity index (χ2v) is 10.7. The molecule has 1 aromatic rings. The van der Waals surface area contributed by atoms with Crippen molar-refractivity contribution in [1.29, 1.82) is 0 Å². The van der Waals surface area contributed by atoms with Crippen LogP contribution in [0.1, 0.15) is 37.3 Å².